The predicted octanol–water partition coefficient (Wildman–Crippen LogP) is 2.79. The summed E-state index contributed by atoms with van der Waals surface area (Å²) < 4.78 is 5.10. The first-order valence-electron chi connectivity index (χ1n) is 6.29. The highest BCUT2D eigenvalue weighted by Gasteiger charge is 2.03. The van der Waals surface area contributed by atoms with Gasteiger partial charge in [0.15, 0.2) is 0 Å². The molecule has 0 aliphatic carbocycles. The maximum absolute atomic E-state index is 9.01. The third-order valence-electron chi connectivity index (χ3n) is 2.84. The van der Waals surface area contributed by atoms with E-state index in [4.69, 9.17) is 14.8 Å². The van der Waals surface area contributed by atoms with Crippen LogP contribution in [0.4, 0.5) is 0 Å². The largest absolute Gasteiger partial charge is 0.495 e. The molecule has 20 heavy (non-hydrogen) atoms. The fourth-order valence-electron chi connectivity index (χ4n) is 1.80. The van der Waals surface area contributed by atoms with Crippen LogP contribution in [0.3, 0.4) is 0 Å². The lowest BCUT2D eigenvalue weighted by molar-refractivity contribution is 0.0235. The van der Waals surface area contributed by atoms with Crippen LogP contribution in [0.1, 0.15) is 16.7 Å². The molecule has 0 heterocycles. The molecular weight excluding hydrogens is 252 g/mol. The van der Waals surface area contributed by atoms with Gasteiger partial charge in [0.1, 0.15) is 11.8 Å². The number of nitriles is 1. The van der Waals surface area contributed by atoms with Crippen molar-refractivity contribution < 1.29 is 9.57 Å². The smallest absolute Gasteiger partial charge is 0.136 e. The van der Waals surface area contributed by atoms with Gasteiger partial charge in [0.05, 0.1) is 19.3 Å². The minimum Gasteiger partial charge on any atom is -0.495 e. The highest BCUT2D eigenvalue weighted by atomic mass is 16.6. The highest BCUT2D eigenvalue weighted by molar-refractivity contribution is 5.45. The Hall–Kier alpha value is -2.35. The van der Waals surface area contributed by atoms with Gasteiger partial charge in [-0.05, 0) is 23.3 Å². The van der Waals surface area contributed by atoms with Crippen molar-refractivity contribution in [3.63, 3.8) is 0 Å². The average molecular weight is 268 g/mol. The first-order chi connectivity index (χ1) is 9.83. The topological polar surface area (TPSA) is 54.3 Å². The Balaban J connectivity index is 1.84. The van der Waals surface area contributed by atoms with E-state index < -0.39 is 0 Å². The zero-order chi connectivity index (χ0) is 14.2. The molecule has 4 heteroatoms. The maximum atomic E-state index is 9.01. The van der Waals surface area contributed by atoms with Crippen molar-refractivity contribution in [2.45, 2.75) is 13.2 Å². The van der Waals surface area contributed by atoms with E-state index in [1.54, 1.807) is 19.2 Å². The minimum absolute atomic E-state index is 0.502. The second kappa shape index (κ2) is 7.29. The Bertz CT molecular complexity index is 591. The second-order valence-corrected chi connectivity index (χ2v) is 4.24. The molecule has 2 rings (SSSR count). The van der Waals surface area contributed by atoms with E-state index in [-0.39, 0.29) is 0 Å². The Morgan fingerprint density at radius 2 is 1.90 bits per heavy atom. The first kappa shape index (κ1) is 14.1. The van der Waals surface area contributed by atoms with Gasteiger partial charge in [-0.2, -0.15) is 10.7 Å². The van der Waals surface area contributed by atoms with Crippen molar-refractivity contribution in [1.82, 2.24) is 5.48 Å². The van der Waals surface area contributed by atoms with Gasteiger partial charge in [-0.15, -0.1) is 0 Å². The fraction of sp³-hybridized carbons (Fsp3) is 0.188. The van der Waals surface area contributed by atoms with Crippen molar-refractivity contribution in [2.24, 2.45) is 0 Å². The van der Waals surface area contributed by atoms with Crippen molar-refractivity contribution in [1.29, 1.82) is 5.26 Å². The SMILES string of the molecule is COc1ccc(CNOCc2ccccc2)cc1C#N. The number of benzene rings is 2. The van der Waals surface area contributed by atoms with Crippen LogP contribution in [-0.4, -0.2) is 7.11 Å². The zero-order valence-corrected chi connectivity index (χ0v) is 11.3. The number of rotatable bonds is 6. The van der Waals surface area contributed by atoms with Crippen molar-refractivity contribution in [3.05, 3.63) is 65.2 Å². The predicted molar refractivity (Wildman–Crippen MR) is 75.8 cm³/mol. The normalized spacial score (nSPS) is 10.0. The van der Waals surface area contributed by atoms with E-state index in [9.17, 15) is 0 Å². The number of nitrogens with zero attached hydrogens (tertiary/aromatic N) is 1. The lowest BCUT2D eigenvalue weighted by Crippen LogP contribution is -2.14. The molecule has 0 atom stereocenters. The molecule has 0 aliphatic rings. The number of hydrogen-bond donors (Lipinski definition) is 1. The summed E-state index contributed by atoms with van der Waals surface area (Å²) >= 11 is 0. The molecule has 0 fully saturated rings. The number of nitrogens with one attached hydrogen (secondary N) is 1. The minimum atomic E-state index is 0.502. The molecular formula is C16H16N2O2. The maximum Gasteiger partial charge on any atom is 0.136 e. The van der Waals surface area contributed by atoms with Crippen molar-refractivity contribution in [3.8, 4) is 11.8 Å². The van der Waals surface area contributed by atoms with Gasteiger partial charge in [0.25, 0.3) is 0 Å². The lowest BCUT2D eigenvalue weighted by Gasteiger charge is -2.08. The van der Waals surface area contributed by atoms with Crippen LogP contribution in [0.2, 0.25) is 0 Å². The van der Waals surface area contributed by atoms with Crippen LogP contribution in [-0.2, 0) is 18.0 Å². The molecule has 1 N–H and O–H groups in total. The van der Waals surface area contributed by atoms with Gasteiger partial charge < -0.3 is 4.74 Å². The molecule has 102 valence electrons. The Morgan fingerprint density at radius 1 is 1.10 bits per heavy atom. The molecule has 0 radical (unpaired) electrons. The molecule has 2 aromatic carbocycles. The summed E-state index contributed by atoms with van der Waals surface area (Å²) in [6, 6.07) is 17.5. The van der Waals surface area contributed by atoms with E-state index in [1.165, 1.54) is 0 Å². The van der Waals surface area contributed by atoms with Gasteiger partial charge in [-0.1, -0.05) is 36.4 Å². The van der Waals surface area contributed by atoms with Crippen LogP contribution < -0.4 is 10.2 Å². The molecule has 2 aromatic rings. The molecule has 0 unspecified atom stereocenters. The summed E-state index contributed by atoms with van der Waals surface area (Å²) in [5, 5.41) is 9.01. The van der Waals surface area contributed by atoms with E-state index >= 15 is 0 Å². The van der Waals surface area contributed by atoms with E-state index in [0.717, 1.165) is 11.1 Å². The summed E-state index contributed by atoms with van der Waals surface area (Å²) in [6.07, 6.45) is 0. The number of hydroxylamine groups is 1. The summed E-state index contributed by atoms with van der Waals surface area (Å²) in [5.74, 6) is 0.585. The molecule has 0 aliphatic heterocycles. The van der Waals surface area contributed by atoms with Gasteiger partial charge in [-0.3, -0.25) is 4.84 Å². The molecule has 4 nitrogen and oxygen atoms in total. The van der Waals surface area contributed by atoms with Crippen molar-refractivity contribution in [2.75, 3.05) is 7.11 Å². The van der Waals surface area contributed by atoms with Crippen LogP contribution in [0.15, 0.2) is 48.5 Å². The standard InChI is InChI=1S/C16H16N2O2/c1-19-16-8-7-14(9-15(16)10-17)11-18-20-12-13-5-3-2-4-6-13/h2-9,18H,11-12H2,1H3. The van der Waals surface area contributed by atoms with Gasteiger partial charge in [-0.25, -0.2) is 0 Å². The quantitative estimate of drug-likeness (QED) is 0.646. The zero-order valence-electron chi connectivity index (χ0n) is 11.3. The highest BCUT2D eigenvalue weighted by Crippen LogP contribution is 2.18. The Kier molecular flexibility index (Phi) is 5.13. The Labute approximate surface area is 118 Å². The van der Waals surface area contributed by atoms with Crippen LogP contribution in [0.5, 0.6) is 5.75 Å². The average Bonchev–Trinajstić information content (AvgIpc) is 2.52. The second-order valence-electron chi connectivity index (χ2n) is 4.24. The molecule has 0 saturated heterocycles. The van der Waals surface area contributed by atoms with Crippen LogP contribution in [0, 0.1) is 11.3 Å². The number of methoxy groups -OCH3 is 1. The fourth-order valence-corrected chi connectivity index (χ4v) is 1.80. The summed E-state index contributed by atoms with van der Waals surface area (Å²) in [4.78, 5) is 5.39. The summed E-state index contributed by atoms with van der Waals surface area (Å²) in [7, 11) is 1.55. The third kappa shape index (κ3) is 3.82. The van der Waals surface area contributed by atoms with E-state index in [1.807, 2.05) is 36.4 Å². The third-order valence-corrected chi connectivity index (χ3v) is 2.84. The first-order valence-corrected chi connectivity index (χ1v) is 6.29. The number of hydrogen-bond acceptors (Lipinski definition) is 4. The molecule has 0 bridgehead atoms. The van der Waals surface area contributed by atoms with Gasteiger partial charge in [0.2, 0.25) is 0 Å². The van der Waals surface area contributed by atoms with Crippen molar-refractivity contribution >= 4 is 0 Å². The van der Waals surface area contributed by atoms with E-state index in [2.05, 4.69) is 11.5 Å². The van der Waals surface area contributed by atoms with Gasteiger partial charge in [0, 0.05) is 6.54 Å². The molecule has 0 aromatic heterocycles. The summed E-state index contributed by atoms with van der Waals surface area (Å²) in [6.45, 7) is 1.04. The molecule has 0 saturated carbocycles. The number of ether oxygens (including phenoxy) is 1. The lowest BCUT2D eigenvalue weighted by atomic mass is 10.1. The van der Waals surface area contributed by atoms with Gasteiger partial charge >= 0.3 is 0 Å². The monoisotopic (exact) mass is 268 g/mol. The Morgan fingerprint density at radius 3 is 2.60 bits per heavy atom. The summed E-state index contributed by atoms with van der Waals surface area (Å²) in [5.41, 5.74) is 5.48. The van der Waals surface area contributed by atoms with Crippen LogP contribution >= 0.6 is 0 Å². The molecule has 0 amide bonds. The van der Waals surface area contributed by atoms with E-state index in [0.29, 0.717) is 24.5 Å². The molecule has 0 spiro atoms. The van der Waals surface area contributed by atoms with Crippen LogP contribution in [0.25, 0.3) is 0 Å².